The first kappa shape index (κ1) is 20.3. The highest BCUT2D eigenvalue weighted by molar-refractivity contribution is 7.80. The zero-order valence-corrected chi connectivity index (χ0v) is 17.2. The minimum atomic E-state index is 0.0779. The molecule has 0 radical (unpaired) electrons. The molecule has 0 unspecified atom stereocenters. The molecule has 1 fully saturated rings. The topological polar surface area (TPSA) is 48.8 Å². The van der Waals surface area contributed by atoms with Crippen molar-refractivity contribution < 1.29 is 9.69 Å². The molecule has 148 valence electrons. The molecule has 28 heavy (non-hydrogen) atoms. The number of piperazine rings is 1. The molecule has 1 saturated heterocycles. The Balaban J connectivity index is 1.41. The van der Waals surface area contributed by atoms with Gasteiger partial charge in [-0.2, -0.15) is 0 Å². The highest BCUT2D eigenvalue weighted by atomic mass is 32.1. The number of carbonyl (C=O) groups excluding carboxylic acids is 1. The largest absolute Gasteiger partial charge is 0.358 e. The third-order valence-corrected chi connectivity index (χ3v) is 5.53. The van der Waals surface area contributed by atoms with Gasteiger partial charge in [0.2, 0.25) is 0 Å². The van der Waals surface area contributed by atoms with Crippen LogP contribution in [0.4, 0.5) is 5.69 Å². The number of rotatable bonds is 6. The van der Waals surface area contributed by atoms with Crippen LogP contribution in [0, 0.1) is 0 Å². The van der Waals surface area contributed by atoms with Crippen LogP contribution in [0.25, 0.3) is 0 Å². The van der Waals surface area contributed by atoms with Crippen molar-refractivity contribution in [3.63, 3.8) is 0 Å². The van der Waals surface area contributed by atoms with Crippen LogP contribution >= 0.6 is 12.2 Å². The average molecular weight is 398 g/mol. The molecule has 6 heteroatoms. The van der Waals surface area contributed by atoms with Gasteiger partial charge in [-0.25, -0.2) is 0 Å². The first-order valence-electron chi connectivity index (χ1n) is 9.93. The number of nitrogens with zero attached hydrogens (tertiary/aromatic N) is 1. The van der Waals surface area contributed by atoms with Gasteiger partial charge in [0.25, 0.3) is 5.91 Å². The summed E-state index contributed by atoms with van der Waals surface area (Å²) < 4.78 is 0. The first-order chi connectivity index (χ1) is 13.7. The van der Waals surface area contributed by atoms with Crippen molar-refractivity contribution in [2.75, 3.05) is 38.0 Å². The predicted octanol–water partition coefficient (Wildman–Crippen LogP) is 1.46. The Labute approximate surface area is 172 Å². The van der Waals surface area contributed by atoms with Crippen LogP contribution in [0.3, 0.4) is 0 Å². The van der Waals surface area contributed by atoms with Gasteiger partial charge in [-0.05, 0) is 35.8 Å². The fourth-order valence-corrected chi connectivity index (χ4v) is 3.71. The second-order valence-corrected chi connectivity index (χ2v) is 7.50. The Kier molecular flexibility index (Phi) is 7.39. The lowest BCUT2D eigenvalue weighted by atomic mass is 10.1. The van der Waals surface area contributed by atoms with Crippen LogP contribution in [0.2, 0.25) is 0 Å². The normalized spacial score (nSPS) is 14.5. The third kappa shape index (κ3) is 5.78. The van der Waals surface area contributed by atoms with Gasteiger partial charge >= 0.3 is 0 Å². The van der Waals surface area contributed by atoms with Crippen LogP contribution in [0.15, 0.2) is 54.6 Å². The zero-order valence-electron chi connectivity index (χ0n) is 16.4. The van der Waals surface area contributed by atoms with Crippen LogP contribution in [-0.2, 0) is 17.8 Å². The molecule has 1 amide bonds. The number of aryl methyl sites for hydroxylation is 1. The molecule has 3 N–H and O–H groups in total. The average Bonchev–Trinajstić information content (AvgIpc) is 2.73. The molecule has 3 rings (SSSR count). The maximum Gasteiger partial charge on any atom is 0.279 e. The molecule has 0 bridgehead atoms. The van der Waals surface area contributed by atoms with E-state index in [1.165, 1.54) is 16.0 Å². The van der Waals surface area contributed by atoms with Gasteiger partial charge in [0.15, 0.2) is 11.7 Å². The number of para-hydroxylation sites is 1. The SMILES string of the molecule is CCc1ccccc1NC(=O)C[NH+]1CCN(C(=S)NCc2ccccc2)CC1. The van der Waals surface area contributed by atoms with Crippen LogP contribution in [0.1, 0.15) is 18.1 Å². The molecule has 0 aliphatic carbocycles. The summed E-state index contributed by atoms with van der Waals surface area (Å²) in [4.78, 5) is 15.9. The van der Waals surface area contributed by atoms with Crippen molar-refractivity contribution in [3.8, 4) is 0 Å². The molecule has 0 aromatic heterocycles. The summed E-state index contributed by atoms with van der Waals surface area (Å²) in [5.74, 6) is 0.0779. The van der Waals surface area contributed by atoms with Gasteiger partial charge in [-0.3, -0.25) is 4.79 Å². The predicted molar refractivity (Wildman–Crippen MR) is 117 cm³/mol. The third-order valence-electron chi connectivity index (χ3n) is 5.13. The van der Waals surface area contributed by atoms with E-state index < -0.39 is 0 Å². The quantitative estimate of drug-likeness (QED) is 0.646. The van der Waals surface area contributed by atoms with Crippen molar-refractivity contribution in [1.82, 2.24) is 10.2 Å². The van der Waals surface area contributed by atoms with Gasteiger partial charge < -0.3 is 20.4 Å². The minimum absolute atomic E-state index is 0.0779. The Morgan fingerprint density at radius 3 is 2.46 bits per heavy atom. The molecule has 1 aliphatic heterocycles. The molecule has 2 aromatic carbocycles. The second kappa shape index (κ2) is 10.2. The van der Waals surface area contributed by atoms with E-state index in [1.807, 2.05) is 36.4 Å². The molecular weight excluding hydrogens is 368 g/mol. The highest BCUT2D eigenvalue weighted by Crippen LogP contribution is 2.14. The fourth-order valence-electron chi connectivity index (χ4n) is 3.46. The van der Waals surface area contributed by atoms with Crippen molar-refractivity contribution in [2.24, 2.45) is 0 Å². The molecule has 2 aromatic rings. The monoisotopic (exact) mass is 397 g/mol. The van der Waals surface area contributed by atoms with E-state index in [1.54, 1.807) is 0 Å². The van der Waals surface area contributed by atoms with E-state index in [0.29, 0.717) is 6.54 Å². The van der Waals surface area contributed by atoms with E-state index in [2.05, 4.69) is 40.7 Å². The number of benzene rings is 2. The van der Waals surface area contributed by atoms with Crippen molar-refractivity contribution in [1.29, 1.82) is 0 Å². The van der Waals surface area contributed by atoms with Gasteiger partial charge in [0.1, 0.15) is 0 Å². The summed E-state index contributed by atoms with van der Waals surface area (Å²) in [6.07, 6.45) is 0.912. The molecule has 1 aliphatic rings. The lowest BCUT2D eigenvalue weighted by Gasteiger charge is -2.33. The summed E-state index contributed by atoms with van der Waals surface area (Å²) in [5, 5.41) is 7.20. The molecule has 0 spiro atoms. The zero-order chi connectivity index (χ0) is 19.8. The second-order valence-electron chi connectivity index (χ2n) is 7.12. The van der Waals surface area contributed by atoms with Crippen LogP contribution in [0.5, 0.6) is 0 Å². The standard InChI is InChI=1S/C22H28N4OS/c1-2-19-10-6-7-11-20(19)24-21(27)17-25-12-14-26(15-13-25)22(28)23-16-18-8-4-3-5-9-18/h3-11H,2,12-17H2,1H3,(H,23,28)(H,24,27)/p+1. The molecule has 5 nitrogen and oxygen atoms in total. The van der Waals surface area contributed by atoms with Gasteiger partial charge in [0.05, 0.1) is 26.2 Å². The number of nitrogens with one attached hydrogen (secondary N) is 3. The maximum atomic E-state index is 12.4. The van der Waals surface area contributed by atoms with Gasteiger partial charge in [-0.15, -0.1) is 0 Å². The number of amides is 1. The Morgan fingerprint density at radius 2 is 1.75 bits per heavy atom. The Bertz CT molecular complexity index is 788. The van der Waals surface area contributed by atoms with Crippen molar-refractivity contribution in [3.05, 3.63) is 65.7 Å². The van der Waals surface area contributed by atoms with E-state index in [4.69, 9.17) is 12.2 Å². The van der Waals surface area contributed by atoms with Crippen molar-refractivity contribution in [2.45, 2.75) is 19.9 Å². The first-order valence-corrected chi connectivity index (χ1v) is 10.3. The Hall–Kier alpha value is -2.44. The van der Waals surface area contributed by atoms with E-state index >= 15 is 0 Å². The van der Waals surface area contributed by atoms with Gasteiger partial charge in [-0.1, -0.05) is 55.5 Å². The smallest absolute Gasteiger partial charge is 0.279 e. The summed E-state index contributed by atoms with van der Waals surface area (Å²) in [5.41, 5.74) is 3.32. The number of hydrogen-bond acceptors (Lipinski definition) is 2. The molecular formula is C22H29N4OS+. The van der Waals surface area contributed by atoms with Crippen molar-refractivity contribution >= 4 is 28.9 Å². The highest BCUT2D eigenvalue weighted by Gasteiger charge is 2.23. The summed E-state index contributed by atoms with van der Waals surface area (Å²) >= 11 is 5.54. The number of quaternary nitrogens is 1. The minimum Gasteiger partial charge on any atom is -0.358 e. The number of anilines is 1. The lowest BCUT2D eigenvalue weighted by molar-refractivity contribution is -0.895. The summed E-state index contributed by atoms with van der Waals surface area (Å²) in [7, 11) is 0. The Morgan fingerprint density at radius 1 is 1.07 bits per heavy atom. The lowest BCUT2D eigenvalue weighted by Crippen LogP contribution is -3.15. The molecule has 0 saturated carbocycles. The van der Waals surface area contributed by atoms with Crippen LogP contribution < -0.4 is 15.5 Å². The molecule has 0 atom stereocenters. The fraction of sp³-hybridized carbons (Fsp3) is 0.364. The number of thiocarbonyl (C=S) groups is 1. The number of carbonyl (C=O) groups is 1. The van der Waals surface area contributed by atoms with Gasteiger partial charge in [0, 0.05) is 12.2 Å². The number of hydrogen-bond donors (Lipinski definition) is 3. The molecule has 1 heterocycles. The summed E-state index contributed by atoms with van der Waals surface area (Å²) in [6, 6.07) is 18.3. The van der Waals surface area contributed by atoms with E-state index in [9.17, 15) is 4.79 Å². The van der Waals surface area contributed by atoms with E-state index in [0.717, 1.165) is 49.9 Å². The van der Waals surface area contributed by atoms with Crippen LogP contribution in [-0.4, -0.2) is 48.6 Å². The van der Waals surface area contributed by atoms with E-state index in [-0.39, 0.29) is 5.91 Å². The maximum absolute atomic E-state index is 12.4. The summed E-state index contributed by atoms with van der Waals surface area (Å²) in [6.45, 7) is 6.90.